The van der Waals surface area contributed by atoms with Crippen molar-refractivity contribution in [3.05, 3.63) is 0 Å². The molecule has 0 amide bonds. The maximum absolute atomic E-state index is 5.40. The van der Waals surface area contributed by atoms with Crippen LogP contribution in [0.15, 0.2) is 0 Å². The Balaban J connectivity index is 1.70. The zero-order valence-electron chi connectivity index (χ0n) is 12.7. The molecule has 0 aliphatic carbocycles. The van der Waals surface area contributed by atoms with E-state index in [1.807, 2.05) is 0 Å². The summed E-state index contributed by atoms with van der Waals surface area (Å²) in [5, 5.41) is 3.71. The number of hydrogen-bond donors (Lipinski definition) is 1. The van der Waals surface area contributed by atoms with Crippen molar-refractivity contribution in [3.63, 3.8) is 0 Å². The average Bonchev–Trinajstić information content (AvgIpc) is 2.61. The van der Waals surface area contributed by atoms with Crippen LogP contribution in [0.5, 0.6) is 0 Å². The quantitative estimate of drug-likeness (QED) is 0.811. The summed E-state index contributed by atoms with van der Waals surface area (Å²) in [5.41, 5.74) is 0. The molecule has 19 heavy (non-hydrogen) atoms. The van der Waals surface area contributed by atoms with Gasteiger partial charge >= 0.3 is 0 Å². The predicted octanol–water partition coefficient (Wildman–Crippen LogP) is 1.17. The third kappa shape index (κ3) is 5.03. The number of rotatable bonds is 5. The largest absolute Gasteiger partial charge is 0.381 e. The fourth-order valence-corrected chi connectivity index (χ4v) is 3.29. The van der Waals surface area contributed by atoms with Gasteiger partial charge in [0.1, 0.15) is 0 Å². The lowest BCUT2D eigenvalue weighted by molar-refractivity contribution is 0.0765. The monoisotopic (exact) mass is 269 g/mol. The first-order valence-corrected chi connectivity index (χ1v) is 8.03. The summed E-state index contributed by atoms with van der Waals surface area (Å²) in [6.07, 6.45) is 4.94. The highest BCUT2D eigenvalue weighted by Gasteiger charge is 2.21. The summed E-state index contributed by atoms with van der Waals surface area (Å²) in [6.45, 7) is 10.3. The van der Waals surface area contributed by atoms with E-state index in [4.69, 9.17) is 4.74 Å². The van der Waals surface area contributed by atoms with Gasteiger partial charge in [0.2, 0.25) is 0 Å². The van der Waals surface area contributed by atoms with Crippen molar-refractivity contribution in [1.82, 2.24) is 15.1 Å². The van der Waals surface area contributed by atoms with Crippen molar-refractivity contribution in [1.29, 1.82) is 0 Å². The summed E-state index contributed by atoms with van der Waals surface area (Å²) in [5.74, 6) is 0. The Morgan fingerprint density at radius 1 is 1.21 bits per heavy atom. The number of hydrogen-bond acceptors (Lipinski definition) is 4. The molecule has 2 rings (SSSR count). The molecule has 4 heteroatoms. The van der Waals surface area contributed by atoms with Crippen LogP contribution >= 0.6 is 0 Å². The molecule has 1 N–H and O–H groups in total. The van der Waals surface area contributed by atoms with Gasteiger partial charge in [-0.3, -0.25) is 4.90 Å². The standard InChI is InChI=1S/C15H31N3O/c1-3-15-13-17(2)8-4-9-18(15)10-7-16-14-5-11-19-12-6-14/h14-16H,3-13H2,1-2H3. The highest BCUT2D eigenvalue weighted by molar-refractivity contribution is 4.79. The maximum atomic E-state index is 5.40. The third-order valence-corrected chi connectivity index (χ3v) is 4.55. The van der Waals surface area contributed by atoms with Gasteiger partial charge in [-0.15, -0.1) is 0 Å². The molecule has 2 saturated heterocycles. The molecule has 112 valence electrons. The van der Waals surface area contributed by atoms with Gasteiger partial charge in [-0.25, -0.2) is 0 Å². The minimum Gasteiger partial charge on any atom is -0.381 e. The minimum absolute atomic E-state index is 0.684. The van der Waals surface area contributed by atoms with E-state index in [0.717, 1.165) is 25.8 Å². The fraction of sp³-hybridized carbons (Fsp3) is 1.00. The lowest BCUT2D eigenvalue weighted by Crippen LogP contribution is -2.45. The molecule has 0 spiro atoms. The highest BCUT2D eigenvalue weighted by Crippen LogP contribution is 2.11. The van der Waals surface area contributed by atoms with E-state index in [2.05, 4.69) is 29.1 Å². The van der Waals surface area contributed by atoms with E-state index >= 15 is 0 Å². The maximum Gasteiger partial charge on any atom is 0.0480 e. The molecule has 0 saturated carbocycles. The molecule has 2 fully saturated rings. The van der Waals surface area contributed by atoms with Crippen LogP contribution < -0.4 is 5.32 Å². The summed E-state index contributed by atoms with van der Waals surface area (Å²) in [4.78, 5) is 5.18. The molecule has 0 aromatic heterocycles. The molecule has 0 aromatic carbocycles. The average molecular weight is 269 g/mol. The lowest BCUT2D eigenvalue weighted by Gasteiger charge is -2.31. The summed E-state index contributed by atoms with van der Waals surface area (Å²) < 4.78 is 5.40. The van der Waals surface area contributed by atoms with Crippen molar-refractivity contribution < 1.29 is 4.74 Å². The van der Waals surface area contributed by atoms with Crippen molar-refractivity contribution in [2.75, 3.05) is 53.0 Å². The smallest absolute Gasteiger partial charge is 0.0480 e. The summed E-state index contributed by atoms with van der Waals surface area (Å²) in [7, 11) is 2.26. The van der Waals surface area contributed by atoms with Crippen LogP contribution in [0, 0.1) is 0 Å². The SMILES string of the molecule is CCC1CN(C)CCCN1CCNC1CCOCC1. The fourth-order valence-electron chi connectivity index (χ4n) is 3.29. The van der Waals surface area contributed by atoms with Crippen LogP contribution in [0.25, 0.3) is 0 Å². The van der Waals surface area contributed by atoms with Crippen LogP contribution in [-0.2, 0) is 4.74 Å². The van der Waals surface area contributed by atoms with Gasteiger partial charge in [-0.1, -0.05) is 6.92 Å². The third-order valence-electron chi connectivity index (χ3n) is 4.55. The molecular weight excluding hydrogens is 238 g/mol. The number of likely N-dealkylation sites (N-methyl/N-ethyl adjacent to an activating group) is 1. The predicted molar refractivity (Wildman–Crippen MR) is 79.6 cm³/mol. The zero-order chi connectivity index (χ0) is 13.5. The van der Waals surface area contributed by atoms with Crippen LogP contribution in [0.4, 0.5) is 0 Å². The van der Waals surface area contributed by atoms with E-state index < -0.39 is 0 Å². The molecule has 0 aromatic rings. The van der Waals surface area contributed by atoms with Crippen molar-refractivity contribution in [3.8, 4) is 0 Å². The van der Waals surface area contributed by atoms with Gasteiger partial charge in [-0.2, -0.15) is 0 Å². The van der Waals surface area contributed by atoms with Crippen molar-refractivity contribution >= 4 is 0 Å². The van der Waals surface area contributed by atoms with Gasteiger partial charge in [-0.05, 0) is 45.8 Å². The van der Waals surface area contributed by atoms with Gasteiger partial charge in [0.15, 0.2) is 0 Å². The highest BCUT2D eigenvalue weighted by atomic mass is 16.5. The van der Waals surface area contributed by atoms with E-state index in [-0.39, 0.29) is 0 Å². The Hall–Kier alpha value is -0.160. The Kier molecular flexibility index (Phi) is 6.57. The Morgan fingerprint density at radius 3 is 2.74 bits per heavy atom. The molecule has 2 heterocycles. The molecule has 0 bridgehead atoms. The Morgan fingerprint density at radius 2 is 2.00 bits per heavy atom. The second kappa shape index (κ2) is 8.20. The first-order chi connectivity index (χ1) is 9.29. The molecule has 4 nitrogen and oxygen atoms in total. The minimum atomic E-state index is 0.684. The number of nitrogens with one attached hydrogen (secondary N) is 1. The second-order valence-corrected chi connectivity index (χ2v) is 6.05. The summed E-state index contributed by atoms with van der Waals surface area (Å²) in [6, 6.07) is 1.42. The van der Waals surface area contributed by atoms with Gasteiger partial charge in [0, 0.05) is 44.9 Å². The number of nitrogens with zero attached hydrogens (tertiary/aromatic N) is 2. The molecule has 0 radical (unpaired) electrons. The molecule has 2 aliphatic rings. The van der Waals surface area contributed by atoms with Crippen molar-refractivity contribution in [2.45, 2.75) is 44.7 Å². The molecule has 1 unspecified atom stereocenters. The second-order valence-electron chi connectivity index (χ2n) is 6.05. The van der Waals surface area contributed by atoms with Crippen LogP contribution in [0.1, 0.15) is 32.6 Å². The van der Waals surface area contributed by atoms with Crippen LogP contribution in [-0.4, -0.2) is 74.9 Å². The van der Waals surface area contributed by atoms with Gasteiger partial charge < -0.3 is 15.0 Å². The van der Waals surface area contributed by atoms with Crippen molar-refractivity contribution in [2.24, 2.45) is 0 Å². The van der Waals surface area contributed by atoms with E-state index in [0.29, 0.717) is 6.04 Å². The Bertz CT molecular complexity index is 244. The van der Waals surface area contributed by atoms with Crippen LogP contribution in [0.2, 0.25) is 0 Å². The molecule has 1 atom stereocenters. The first-order valence-electron chi connectivity index (χ1n) is 8.03. The lowest BCUT2D eigenvalue weighted by atomic mass is 10.1. The van der Waals surface area contributed by atoms with E-state index in [1.54, 1.807) is 0 Å². The number of ether oxygens (including phenoxy) is 1. The topological polar surface area (TPSA) is 27.7 Å². The van der Waals surface area contributed by atoms with E-state index in [1.165, 1.54) is 51.9 Å². The molecule has 2 aliphatic heterocycles. The normalized spacial score (nSPS) is 28.4. The van der Waals surface area contributed by atoms with Gasteiger partial charge in [0.05, 0.1) is 0 Å². The van der Waals surface area contributed by atoms with Gasteiger partial charge in [0.25, 0.3) is 0 Å². The summed E-state index contributed by atoms with van der Waals surface area (Å²) >= 11 is 0. The van der Waals surface area contributed by atoms with E-state index in [9.17, 15) is 0 Å². The van der Waals surface area contributed by atoms with Crippen LogP contribution in [0.3, 0.4) is 0 Å². The molecular formula is C15H31N3O. The zero-order valence-corrected chi connectivity index (χ0v) is 12.7. The Labute approximate surface area is 118 Å². The first kappa shape index (κ1) is 15.2.